The van der Waals surface area contributed by atoms with E-state index in [1.165, 1.54) is 11.0 Å². The number of rotatable bonds is 9. The molecule has 0 aliphatic carbocycles. The molecule has 2 aromatic carbocycles. The number of amides is 1. The van der Waals surface area contributed by atoms with E-state index >= 15 is 0 Å². The SMILES string of the molecule is CCC(=O)N(C)Cc1ccc(-c2ccc(C(=O)CCc3cccnc3OC)cc2)cc1F. The number of carbonyl (C=O) groups excluding carboxylic acids is 2. The van der Waals surface area contributed by atoms with E-state index in [9.17, 15) is 14.0 Å². The fourth-order valence-electron chi connectivity index (χ4n) is 3.51. The van der Waals surface area contributed by atoms with E-state index in [0.29, 0.717) is 36.3 Å². The third-order valence-electron chi connectivity index (χ3n) is 5.39. The second-order valence-electron chi connectivity index (χ2n) is 7.58. The zero-order valence-corrected chi connectivity index (χ0v) is 18.6. The number of benzene rings is 2. The van der Waals surface area contributed by atoms with Crippen LogP contribution in [0.4, 0.5) is 4.39 Å². The van der Waals surface area contributed by atoms with Crippen LogP contribution in [0, 0.1) is 5.82 Å². The Morgan fingerprint density at radius 1 is 1.03 bits per heavy atom. The zero-order chi connectivity index (χ0) is 23.1. The molecule has 0 unspecified atom stereocenters. The molecule has 32 heavy (non-hydrogen) atoms. The molecule has 1 heterocycles. The van der Waals surface area contributed by atoms with Crippen molar-refractivity contribution in [1.82, 2.24) is 9.88 Å². The summed E-state index contributed by atoms with van der Waals surface area (Å²) in [5.74, 6) is 0.165. The van der Waals surface area contributed by atoms with Crippen molar-refractivity contribution in [3.8, 4) is 17.0 Å². The summed E-state index contributed by atoms with van der Waals surface area (Å²) >= 11 is 0. The molecule has 3 aromatic rings. The van der Waals surface area contributed by atoms with E-state index < -0.39 is 0 Å². The maximum atomic E-state index is 14.6. The lowest BCUT2D eigenvalue weighted by molar-refractivity contribution is -0.130. The molecule has 0 N–H and O–H groups in total. The number of carbonyl (C=O) groups is 2. The Labute approximate surface area is 187 Å². The summed E-state index contributed by atoms with van der Waals surface area (Å²) in [5.41, 5.74) is 3.50. The normalized spacial score (nSPS) is 10.6. The molecule has 166 valence electrons. The van der Waals surface area contributed by atoms with Gasteiger partial charge in [-0.15, -0.1) is 0 Å². The minimum Gasteiger partial charge on any atom is -0.481 e. The standard InChI is InChI=1S/C26H27FN2O3/c1-4-25(31)29(2)17-22-12-11-21(16-23(22)27)18-7-9-19(10-8-18)24(30)14-13-20-6-5-15-28-26(20)32-3/h5-12,15-16H,4,13-14,17H2,1-3H3. The molecule has 1 aromatic heterocycles. The van der Waals surface area contributed by atoms with E-state index in [-0.39, 0.29) is 24.1 Å². The van der Waals surface area contributed by atoms with Crippen molar-refractivity contribution in [3.05, 3.63) is 83.3 Å². The summed E-state index contributed by atoms with van der Waals surface area (Å²) in [6.45, 7) is 2.01. The maximum absolute atomic E-state index is 14.6. The number of nitrogens with zero attached hydrogens (tertiary/aromatic N) is 2. The highest BCUT2D eigenvalue weighted by atomic mass is 19.1. The van der Waals surface area contributed by atoms with Crippen LogP contribution in [0.2, 0.25) is 0 Å². The van der Waals surface area contributed by atoms with Crippen molar-refractivity contribution in [3.63, 3.8) is 0 Å². The van der Waals surface area contributed by atoms with Gasteiger partial charge in [-0.25, -0.2) is 9.37 Å². The second-order valence-corrected chi connectivity index (χ2v) is 7.58. The lowest BCUT2D eigenvalue weighted by Gasteiger charge is -2.17. The zero-order valence-electron chi connectivity index (χ0n) is 18.6. The molecule has 0 fully saturated rings. The molecule has 0 saturated carbocycles. The number of aromatic nitrogens is 1. The van der Waals surface area contributed by atoms with E-state index in [1.54, 1.807) is 45.5 Å². The summed E-state index contributed by atoms with van der Waals surface area (Å²) in [6.07, 6.45) is 2.92. The molecular weight excluding hydrogens is 407 g/mol. The third kappa shape index (κ3) is 5.58. The average Bonchev–Trinajstić information content (AvgIpc) is 2.83. The van der Waals surface area contributed by atoms with Crippen LogP contribution in [0.5, 0.6) is 5.88 Å². The second kappa shape index (κ2) is 10.7. The number of methoxy groups -OCH3 is 1. The van der Waals surface area contributed by atoms with Gasteiger partial charge in [-0.3, -0.25) is 9.59 Å². The maximum Gasteiger partial charge on any atom is 0.222 e. The molecule has 0 saturated heterocycles. The number of hydrogen-bond acceptors (Lipinski definition) is 4. The molecule has 6 heteroatoms. The quantitative estimate of drug-likeness (QED) is 0.441. The first-order valence-corrected chi connectivity index (χ1v) is 10.6. The minimum atomic E-state index is -0.358. The largest absolute Gasteiger partial charge is 0.481 e. The minimum absolute atomic E-state index is 0.0209. The summed E-state index contributed by atoms with van der Waals surface area (Å²) < 4.78 is 19.8. The van der Waals surface area contributed by atoms with Crippen molar-refractivity contribution >= 4 is 11.7 Å². The van der Waals surface area contributed by atoms with E-state index in [2.05, 4.69) is 4.98 Å². The highest BCUT2D eigenvalue weighted by Crippen LogP contribution is 2.24. The van der Waals surface area contributed by atoms with Gasteiger partial charge in [-0.2, -0.15) is 0 Å². The van der Waals surface area contributed by atoms with Gasteiger partial charge in [0.15, 0.2) is 5.78 Å². The Morgan fingerprint density at radius 2 is 1.75 bits per heavy atom. The predicted molar refractivity (Wildman–Crippen MR) is 122 cm³/mol. The molecule has 0 aliphatic rings. The molecule has 0 radical (unpaired) electrons. The molecule has 1 amide bonds. The molecule has 0 atom stereocenters. The fraction of sp³-hybridized carbons (Fsp3) is 0.269. The van der Waals surface area contributed by atoms with Crippen LogP contribution in [0.3, 0.4) is 0 Å². The van der Waals surface area contributed by atoms with Crippen LogP contribution in [0.1, 0.15) is 41.3 Å². The Bertz CT molecular complexity index is 1100. The van der Waals surface area contributed by atoms with Crippen molar-refractivity contribution in [1.29, 1.82) is 0 Å². The van der Waals surface area contributed by atoms with Gasteiger partial charge >= 0.3 is 0 Å². The van der Waals surface area contributed by atoms with Crippen LogP contribution in [-0.4, -0.2) is 35.7 Å². The topological polar surface area (TPSA) is 59.5 Å². The van der Waals surface area contributed by atoms with Gasteiger partial charge in [-0.05, 0) is 29.7 Å². The fourth-order valence-corrected chi connectivity index (χ4v) is 3.51. The summed E-state index contributed by atoms with van der Waals surface area (Å²) in [4.78, 5) is 30.0. The van der Waals surface area contributed by atoms with Gasteiger partial charge in [0.2, 0.25) is 11.8 Å². The smallest absolute Gasteiger partial charge is 0.222 e. The number of hydrogen-bond donors (Lipinski definition) is 0. The number of ether oxygens (including phenoxy) is 1. The van der Waals surface area contributed by atoms with E-state index in [0.717, 1.165) is 16.7 Å². The van der Waals surface area contributed by atoms with E-state index in [4.69, 9.17) is 4.74 Å². The first-order valence-electron chi connectivity index (χ1n) is 10.6. The van der Waals surface area contributed by atoms with Gasteiger partial charge in [0.05, 0.1) is 7.11 Å². The Balaban J connectivity index is 1.66. The number of ketones is 1. The lowest BCUT2D eigenvalue weighted by atomic mass is 9.99. The summed E-state index contributed by atoms with van der Waals surface area (Å²) in [5, 5.41) is 0. The Hall–Kier alpha value is -3.54. The highest BCUT2D eigenvalue weighted by molar-refractivity contribution is 5.96. The molecule has 0 aliphatic heterocycles. The third-order valence-corrected chi connectivity index (χ3v) is 5.39. The van der Waals surface area contributed by atoms with Gasteiger partial charge < -0.3 is 9.64 Å². The molecule has 3 rings (SSSR count). The highest BCUT2D eigenvalue weighted by Gasteiger charge is 2.13. The Morgan fingerprint density at radius 3 is 2.41 bits per heavy atom. The number of Topliss-reactive ketones (excluding diaryl/α,β-unsaturated/α-hetero) is 1. The van der Waals surface area contributed by atoms with Gasteiger partial charge in [-0.1, -0.05) is 49.4 Å². The molecular formula is C26H27FN2O3. The first kappa shape index (κ1) is 23.1. The first-order chi connectivity index (χ1) is 15.4. The number of pyridine rings is 1. The molecule has 5 nitrogen and oxygen atoms in total. The summed E-state index contributed by atoms with van der Waals surface area (Å²) in [6, 6.07) is 15.9. The number of aryl methyl sites for hydroxylation is 1. The van der Waals surface area contributed by atoms with E-state index in [1.807, 2.05) is 30.3 Å². The Kier molecular flexibility index (Phi) is 7.71. The van der Waals surface area contributed by atoms with Gasteiger partial charge in [0.1, 0.15) is 5.82 Å². The van der Waals surface area contributed by atoms with Crippen molar-refractivity contribution in [2.75, 3.05) is 14.2 Å². The average molecular weight is 435 g/mol. The summed E-state index contributed by atoms with van der Waals surface area (Å²) in [7, 11) is 3.23. The van der Waals surface area contributed by atoms with Crippen LogP contribution >= 0.6 is 0 Å². The van der Waals surface area contributed by atoms with Crippen molar-refractivity contribution in [2.45, 2.75) is 32.7 Å². The van der Waals surface area contributed by atoms with Crippen LogP contribution in [-0.2, 0) is 17.8 Å². The van der Waals surface area contributed by atoms with Crippen LogP contribution in [0.15, 0.2) is 60.8 Å². The monoisotopic (exact) mass is 434 g/mol. The van der Waals surface area contributed by atoms with Crippen molar-refractivity contribution < 1.29 is 18.7 Å². The van der Waals surface area contributed by atoms with Crippen LogP contribution in [0.25, 0.3) is 11.1 Å². The van der Waals surface area contributed by atoms with Gasteiger partial charge in [0.25, 0.3) is 0 Å². The molecule has 0 bridgehead atoms. The lowest BCUT2D eigenvalue weighted by Crippen LogP contribution is -2.25. The van der Waals surface area contributed by atoms with Crippen LogP contribution < -0.4 is 4.74 Å². The molecule has 0 spiro atoms. The number of halogens is 1. The van der Waals surface area contributed by atoms with Gasteiger partial charge in [0, 0.05) is 49.3 Å². The van der Waals surface area contributed by atoms with Crippen molar-refractivity contribution in [2.24, 2.45) is 0 Å². The predicted octanol–water partition coefficient (Wildman–Crippen LogP) is 5.08.